The Morgan fingerprint density at radius 2 is 1.75 bits per heavy atom. The average molecular weight is 296 g/mol. The summed E-state index contributed by atoms with van der Waals surface area (Å²) in [6.07, 6.45) is -9.71. The van der Waals surface area contributed by atoms with Crippen molar-refractivity contribution in [3.05, 3.63) is 34.9 Å². The van der Waals surface area contributed by atoms with Gasteiger partial charge < -0.3 is 5.32 Å². The number of hydrogen-bond donors (Lipinski definition) is 1. The van der Waals surface area contributed by atoms with Crippen molar-refractivity contribution in [2.75, 3.05) is 6.54 Å². The molecule has 0 radical (unpaired) electrons. The zero-order chi connectivity index (χ0) is 15.1. The number of halogens is 6. The first kappa shape index (κ1) is 14.7. The number of hydrogen-bond acceptors (Lipinski definition) is 2. The number of alkyl halides is 6. The van der Waals surface area contributed by atoms with Gasteiger partial charge in [0.15, 0.2) is 0 Å². The van der Waals surface area contributed by atoms with E-state index >= 15 is 0 Å². The fourth-order valence-electron chi connectivity index (χ4n) is 1.88. The summed E-state index contributed by atoms with van der Waals surface area (Å²) >= 11 is 0. The Morgan fingerprint density at radius 1 is 1.10 bits per heavy atom. The quantitative estimate of drug-likeness (QED) is 0.789. The Kier molecular flexibility index (Phi) is 3.43. The third kappa shape index (κ3) is 2.88. The van der Waals surface area contributed by atoms with E-state index in [1.54, 1.807) is 6.92 Å². The molecule has 1 unspecified atom stereocenters. The molecule has 0 aliphatic carbocycles. The molecule has 2 rings (SSSR count). The Balaban J connectivity index is 2.53. The van der Waals surface area contributed by atoms with Crippen LogP contribution in [0.15, 0.2) is 23.2 Å². The van der Waals surface area contributed by atoms with Crippen LogP contribution in [0.25, 0.3) is 0 Å². The van der Waals surface area contributed by atoms with Crippen molar-refractivity contribution in [3.63, 3.8) is 0 Å². The zero-order valence-electron chi connectivity index (χ0n) is 10.2. The van der Waals surface area contributed by atoms with Crippen LogP contribution in [0.3, 0.4) is 0 Å². The van der Waals surface area contributed by atoms with Gasteiger partial charge in [-0.3, -0.25) is 4.99 Å². The fraction of sp³-hybridized carbons (Fsp3) is 0.417. The van der Waals surface area contributed by atoms with Gasteiger partial charge in [-0.05, 0) is 19.1 Å². The van der Waals surface area contributed by atoms with Crippen molar-refractivity contribution in [2.45, 2.75) is 25.3 Å². The number of aliphatic imine (C=N–C) groups is 1. The minimum absolute atomic E-state index is 0.0291. The van der Waals surface area contributed by atoms with Crippen LogP contribution >= 0.6 is 0 Å². The van der Waals surface area contributed by atoms with Crippen LogP contribution in [0.5, 0.6) is 0 Å². The molecule has 0 fully saturated rings. The van der Waals surface area contributed by atoms with Crippen LogP contribution in [0.2, 0.25) is 0 Å². The summed E-state index contributed by atoms with van der Waals surface area (Å²) in [6, 6.07) is 1.39. The van der Waals surface area contributed by atoms with Crippen LogP contribution in [-0.4, -0.2) is 18.4 Å². The number of nitrogens with one attached hydrogen (secondary N) is 1. The molecule has 1 atom stereocenters. The molecule has 1 heterocycles. The lowest BCUT2D eigenvalue weighted by Crippen LogP contribution is -2.29. The van der Waals surface area contributed by atoms with E-state index in [0.717, 1.165) is 6.07 Å². The number of amidine groups is 1. The van der Waals surface area contributed by atoms with Crippen molar-refractivity contribution >= 4 is 5.84 Å². The molecule has 20 heavy (non-hydrogen) atoms. The topological polar surface area (TPSA) is 24.4 Å². The van der Waals surface area contributed by atoms with Gasteiger partial charge in [0.25, 0.3) is 0 Å². The van der Waals surface area contributed by atoms with Gasteiger partial charge in [0.05, 0.1) is 17.7 Å². The average Bonchev–Trinajstić information content (AvgIpc) is 2.72. The summed E-state index contributed by atoms with van der Waals surface area (Å²) < 4.78 is 76.3. The Morgan fingerprint density at radius 3 is 2.20 bits per heavy atom. The summed E-state index contributed by atoms with van der Waals surface area (Å²) in [5, 5.41) is 2.71. The molecule has 0 aromatic heterocycles. The van der Waals surface area contributed by atoms with Crippen molar-refractivity contribution in [1.29, 1.82) is 0 Å². The first-order valence-corrected chi connectivity index (χ1v) is 5.69. The highest BCUT2D eigenvalue weighted by Gasteiger charge is 2.39. The molecule has 1 aromatic carbocycles. The van der Waals surface area contributed by atoms with Gasteiger partial charge in [-0.25, -0.2) is 0 Å². The first-order valence-electron chi connectivity index (χ1n) is 5.69. The minimum atomic E-state index is -4.88. The largest absolute Gasteiger partial charge is 0.417 e. The van der Waals surface area contributed by atoms with Gasteiger partial charge in [0.1, 0.15) is 5.84 Å². The highest BCUT2D eigenvalue weighted by Crippen LogP contribution is 2.37. The molecule has 0 spiro atoms. The molecule has 1 aromatic rings. The molecule has 1 aliphatic heterocycles. The molecule has 0 amide bonds. The van der Waals surface area contributed by atoms with Gasteiger partial charge in [-0.1, -0.05) is 6.07 Å². The third-order valence-electron chi connectivity index (χ3n) is 2.81. The van der Waals surface area contributed by atoms with Gasteiger partial charge in [-0.15, -0.1) is 0 Å². The molecule has 0 saturated heterocycles. The van der Waals surface area contributed by atoms with Crippen molar-refractivity contribution in [3.8, 4) is 0 Å². The second-order valence-electron chi connectivity index (χ2n) is 4.49. The molecule has 8 heteroatoms. The zero-order valence-corrected chi connectivity index (χ0v) is 10.2. The van der Waals surface area contributed by atoms with E-state index in [1.165, 1.54) is 0 Å². The molecule has 110 valence electrons. The van der Waals surface area contributed by atoms with Gasteiger partial charge in [0, 0.05) is 11.6 Å². The monoisotopic (exact) mass is 296 g/mol. The Labute approximate surface area is 110 Å². The van der Waals surface area contributed by atoms with Crippen molar-refractivity contribution in [1.82, 2.24) is 5.32 Å². The van der Waals surface area contributed by atoms with E-state index in [9.17, 15) is 26.3 Å². The lowest BCUT2D eigenvalue weighted by Gasteiger charge is -2.16. The first-order chi connectivity index (χ1) is 9.09. The maximum Gasteiger partial charge on any atom is 0.417 e. The standard InChI is InChI=1S/C12H10F6N2/c1-6-5-19-10(20-6)8-3-2-7(11(13,14)15)4-9(8)12(16,17)18/h2-4,6H,5H2,1H3,(H,19,20). The lowest BCUT2D eigenvalue weighted by molar-refractivity contribution is -0.143. The summed E-state index contributed by atoms with van der Waals surface area (Å²) in [6.45, 7) is 2.00. The SMILES string of the molecule is CC1CN=C(c2ccc(C(F)(F)F)cc2C(F)(F)F)N1. The normalized spacial score (nSPS) is 19.8. The predicted octanol–water partition coefficient (Wildman–Crippen LogP) is 3.46. The minimum Gasteiger partial charge on any atom is -0.366 e. The van der Waals surface area contributed by atoms with Crippen LogP contribution in [0, 0.1) is 0 Å². The molecule has 1 N–H and O–H groups in total. The van der Waals surface area contributed by atoms with Crippen LogP contribution in [-0.2, 0) is 12.4 Å². The maximum atomic E-state index is 12.9. The Bertz CT molecular complexity index is 544. The number of benzene rings is 1. The highest BCUT2D eigenvalue weighted by atomic mass is 19.4. The predicted molar refractivity (Wildman–Crippen MR) is 60.4 cm³/mol. The van der Waals surface area contributed by atoms with E-state index in [2.05, 4.69) is 10.3 Å². The summed E-state index contributed by atoms with van der Waals surface area (Å²) in [5.74, 6) is -0.0291. The maximum absolute atomic E-state index is 12.9. The molecular formula is C12H10F6N2. The van der Waals surface area contributed by atoms with Gasteiger partial charge in [-0.2, -0.15) is 26.3 Å². The van der Waals surface area contributed by atoms with Crippen LogP contribution in [0.1, 0.15) is 23.6 Å². The number of nitrogens with zero attached hydrogens (tertiary/aromatic N) is 1. The summed E-state index contributed by atoms with van der Waals surface area (Å²) in [4.78, 5) is 3.88. The molecule has 2 nitrogen and oxygen atoms in total. The smallest absolute Gasteiger partial charge is 0.366 e. The second-order valence-corrected chi connectivity index (χ2v) is 4.49. The van der Waals surface area contributed by atoms with E-state index < -0.39 is 23.5 Å². The van der Waals surface area contributed by atoms with Crippen LogP contribution < -0.4 is 5.32 Å². The number of rotatable bonds is 1. The second kappa shape index (κ2) is 4.68. The van der Waals surface area contributed by atoms with Crippen molar-refractivity contribution < 1.29 is 26.3 Å². The van der Waals surface area contributed by atoms with E-state index in [4.69, 9.17) is 0 Å². The Hall–Kier alpha value is -1.73. The fourth-order valence-corrected chi connectivity index (χ4v) is 1.88. The van der Waals surface area contributed by atoms with Gasteiger partial charge in [0.2, 0.25) is 0 Å². The van der Waals surface area contributed by atoms with Crippen molar-refractivity contribution in [2.24, 2.45) is 4.99 Å². The molecular weight excluding hydrogens is 286 g/mol. The molecule has 1 aliphatic rings. The van der Waals surface area contributed by atoms with Gasteiger partial charge >= 0.3 is 12.4 Å². The summed E-state index contributed by atoms with van der Waals surface area (Å²) in [5.41, 5.74) is -3.04. The van der Waals surface area contributed by atoms with E-state index in [0.29, 0.717) is 6.07 Å². The molecule has 0 bridgehead atoms. The van der Waals surface area contributed by atoms with Crippen LogP contribution in [0.4, 0.5) is 26.3 Å². The summed E-state index contributed by atoms with van der Waals surface area (Å²) in [7, 11) is 0. The van der Waals surface area contributed by atoms with E-state index in [-0.39, 0.29) is 30.1 Å². The highest BCUT2D eigenvalue weighted by molar-refractivity contribution is 6.01. The molecule has 0 saturated carbocycles. The van der Waals surface area contributed by atoms with E-state index in [1.807, 2.05) is 0 Å². The lowest BCUT2D eigenvalue weighted by atomic mass is 10.0. The third-order valence-corrected chi connectivity index (χ3v) is 2.81.